The number of pyridine rings is 1. The molecular weight excluding hydrogens is 600 g/mol. The van der Waals surface area contributed by atoms with Crippen molar-refractivity contribution in [3.63, 3.8) is 0 Å². The molecule has 0 N–H and O–H groups in total. The number of hydrogen-bond acceptors (Lipinski definition) is 7. The highest BCUT2D eigenvalue weighted by atomic mass is 35.5. The van der Waals surface area contributed by atoms with Crippen LogP contribution in [0.3, 0.4) is 0 Å². The van der Waals surface area contributed by atoms with Gasteiger partial charge in [0.1, 0.15) is 17.3 Å². The van der Waals surface area contributed by atoms with Gasteiger partial charge in [0.05, 0.1) is 26.6 Å². The van der Waals surface area contributed by atoms with Crippen molar-refractivity contribution in [3.8, 4) is 16.9 Å². The van der Waals surface area contributed by atoms with Gasteiger partial charge in [-0.25, -0.2) is 31.5 Å². The minimum absolute atomic E-state index is 0.00812. The lowest BCUT2D eigenvalue weighted by Gasteiger charge is -2.45. The fourth-order valence-corrected chi connectivity index (χ4v) is 6.85. The number of carbonyl (C=O) groups is 1. The fourth-order valence-electron chi connectivity index (χ4n) is 5.67. The van der Waals surface area contributed by atoms with E-state index in [-0.39, 0.29) is 69.1 Å². The maximum Gasteiger partial charge on any atom is 0.355 e. The number of aromatic nitrogens is 3. The Hall–Kier alpha value is -4.16. The Morgan fingerprint density at radius 3 is 2.33 bits per heavy atom. The Morgan fingerprint density at radius 2 is 1.72 bits per heavy atom. The SMILES string of the molecule is C=CC(=O)N1C[C@@H](C)N(c2nc(=O)n(-c3c(C)cccc3S(C)(=O)=O)c3nc(-c4c(F)cccc4Cl)c(F)cc23)[C@@H](C)C1. The number of hydrogen-bond donors (Lipinski definition) is 0. The van der Waals surface area contributed by atoms with Gasteiger partial charge in [-0.15, -0.1) is 0 Å². The number of halogens is 3. The van der Waals surface area contributed by atoms with E-state index in [4.69, 9.17) is 11.6 Å². The zero-order chi connectivity index (χ0) is 31.4. The monoisotopic (exact) mass is 627 g/mol. The number of benzene rings is 2. The first kappa shape index (κ1) is 30.3. The molecule has 43 heavy (non-hydrogen) atoms. The van der Waals surface area contributed by atoms with Gasteiger partial charge >= 0.3 is 5.69 Å². The first-order valence-corrected chi connectivity index (χ1v) is 15.6. The van der Waals surface area contributed by atoms with Crippen molar-refractivity contribution in [3.05, 3.63) is 87.8 Å². The van der Waals surface area contributed by atoms with Crippen molar-refractivity contribution < 1.29 is 22.0 Å². The molecule has 0 aliphatic carbocycles. The van der Waals surface area contributed by atoms with E-state index in [1.807, 2.05) is 13.8 Å². The summed E-state index contributed by atoms with van der Waals surface area (Å²) in [7, 11) is -3.86. The summed E-state index contributed by atoms with van der Waals surface area (Å²) in [5.41, 5.74) is -1.39. The second kappa shape index (κ2) is 11.2. The van der Waals surface area contributed by atoms with E-state index < -0.39 is 32.9 Å². The average molecular weight is 628 g/mol. The van der Waals surface area contributed by atoms with Gasteiger partial charge in [-0.2, -0.15) is 4.98 Å². The van der Waals surface area contributed by atoms with Gasteiger partial charge in [-0.3, -0.25) is 4.79 Å². The fraction of sp³-hybridized carbons (Fsp3) is 0.267. The average Bonchev–Trinajstić information content (AvgIpc) is 2.92. The van der Waals surface area contributed by atoms with Gasteiger partial charge in [0.2, 0.25) is 5.91 Å². The first-order chi connectivity index (χ1) is 20.2. The smallest absolute Gasteiger partial charge is 0.347 e. The molecule has 5 rings (SSSR count). The molecule has 1 amide bonds. The molecule has 2 atom stereocenters. The van der Waals surface area contributed by atoms with Crippen LogP contribution in [0.5, 0.6) is 0 Å². The van der Waals surface area contributed by atoms with Crippen molar-refractivity contribution in [1.82, 2.24) is 19.4 Å². The molecule has 9 nitrogen and oxygen atoms in total. The van der Waals surface area contributed by atoms with Crippen molar-refractivity contribution in [2.45, 2.75) is 37.8 Å². The van der Waals surface area contributed by atoms with Crippen molar-refractivity contribution in [1.29, 1.82) is 0 Å². The van der Waals surface area contributed by atoms with E-state index in [1.54, 1.807) is 22.8 Å². The van der Waals surface area contributed by atoms with Crippen LogP contribution in [0, 0.1) is 18.6 Å². The predicted octanol–water partition coefficient (Wildman–Crippen LogP) is 4.70. The normalized spacial score (nSPS) is 17.4. The zero-order valence-corrected chi connectivity index (χ0v) is 25.4. The molecule has 0 radical (unpaired) electrons. The molecule has 0 saturated carbocycles. The summed E-state index contributed by atoms with van der Waals surface area (Å²) in [4.78, 5) is 38.3. The van der Waals surface area contributed by atoms with Crippen LogP contribution in [-0.2, 0) is 14.6 Å². The number of carbonyl (C=O) groups excluding carboxylic acids is 1. The van der Waals surface area contributed by atoms with E-state index in [9.17, 15) is 18.0 Å². The van der Waals surface area contributed by atoms with Crippen LogP contribution in [-0.4, -0.2) is 65.2 Å². The molecule has 2 aromatic heterocycles. The highest BCUT2D eigenvalue weighted by molar-refractivity contribution is 7.90. The second-order valence-electron chi connectivity index (χ2n) is 10.6. The Kier molecular flexibility index (Phi) is 7.86. The Morgan fingerprint density at radius 1 is 1.07 bits per heavy atom. The largest absolute Gasteiger partial charge is 0.355 e. The Balaban J connectivity index is 1.89. The molecule has 3 heterocycles. The van der Waals surface area contributed by atoms with Gasteiger partial charge in [-0.1, -0.05) is 36.4 Å². The molecule has 1 saturated heterocycles. The number of fused-ring (bicyclic) bond motifs is 1. The topological polar surface area (TPSA) is 105 Å². The molecule has 2 aromatic carbocycles. The molecule has 0 bridgehead atoms. The summed E-state index contributed by atoms with van der Waals surface area (Å²) < 4.78 is 57.6. The molecule has 224 valence electrons. The number of aryl methyl sites for hydroxylation is 1. The third kappa shape index (κ3) is 5.29. The van der Waals surface area contributed by atoms with E-state index in [2.05, 4.69) is 16.5 Å². The van der Waals surface area contributed by atoms with Crippen LogP contribution in [0.1, 0.15) is 19.4 Å². The Bertz CT molecular complexity index is 1950. The van der Waals surface area contributed by atoms with Crippen molar-refractivity contribution in [2.75, 3.05) is 24.2 Å². The molecule has 1 fully saturated rings. The maximum absolute atomic E-state index is 15.9. The van der Waals surface area contributed by atoms with Crippen LogP contribution < -0.4 is 10.6 Å². The standard InChI is InChI=1S/C30H28ClF2N5O4S/c1-6-24(39)36-14-17(3)37(18(4)15-36)29-19-13-22(33)26(25-20(31)10-8-11-21(25)32)34-28(19)38(30(40)35-29)27-16(2)9-7-12-23(27)43(5,41)42/h6-13,17-18H,1,14-15H2,2-5H3/t17-,18+. The van der Waals surface area contributed by atoms with Crippen LogP contribution in [0.2, 0.25) is 5.02 Å². The summed E-state index contributed by atoms with van der Waals surface area (Å²) in [5, 5.41) is -0.0230. The van der Waals surface area contributed by atoms with Gasteiger partial charge in [0.25, 0.3) is 0 Å². The van der Waals surface area contributed by atoms with E-state index in [1.165, 1.54) is 30.3 Å². The number of rotatable bonds is 5. The molecule has 0 unspecified atom stereocenters. The molecule has 4 aromatic rings. The van der Waals surface area contributed by atoms with Gasteiger partial charge in [0.15, 0.2) is 21.3 Å². The van der Waals surface area contributed by atoms with Crippen molar-refractivity contribution >= 4 is 44.2 Å². The second-order valence-corrected chi connectivity index (χ2v) is 13.0. The number of piperazine rings is 1. The summed E-state index contributed by atoms with van der Waals surface area (Å²) in [6.07, 6.45) is 2.23. The minimum atomic E-state index is -3.86. The molecule has 1 aliphatic rings. The van der Waals surface area contributed by atoms with E-state index in [0.717, 1.165) is 23.0 Å². The molecule has 1 aliphatic heterocycles. The Labute approximate surface area is 252 Å². The van der Waals surface area contributed by atoms with Crippen LogP contribution in [0.4, 0.5) is 14.6 Å². The number of para-hydroxylation sites is 1. The van der Waals surface area contributed by atoms with Crippen LogP contribution in [0.15, 0.2) is 64.8 Å². The summed E-state index contributed by atoms with van der Waals surface area (Å²) in [6, 6.07) is 8.72. The van der Waals surface area contributed by atoms with Gasteiger partial charge < -0.3 is 9.80 Å². The van der Waals surface area contributed by atoms with E-state index >= 15 is 8.78 Å². The number of anilines is 1. The summed E-state index contributed by atoms with van der Waals surface area (Å²) in [5.74, 6) is -1.92. The third-order valence-electron chi connectivity index (χ3n) is 7.47. The number of nitrogens with zero attached hydrogens (tertiary/aromatic N) is 5. The van der Waals surface area contributed by atoms with Crippen LogP contribution >= 0.6 is 11.6 Å². The zero-order valence-electron chi connectivity index (χ0n) is 23.8. The predicted molar refractivity (Wildman–Crippen MR) is 162 cm³/mol. The minimum Gasteiger partial charge on any atom is -0.347 e. The molecule has 13 heteroatoms. The lowest BCUT2D eigenvalue weighted by Crippen LogP contribution is -2.58. The third-order valence-corrected chi connectivity index (χ3v) is 8.92. The van der Waals surface area contributed by atoms with Gasteiger partial charge in [0, 0.05) is 31.4 Å². The maximum atomic E-state index is 15.9. The van der Waals surface area contributed by atoms with E-state index in [0.29, 0.717) is 5.56 Å². The van der Waals surface area contributed by atoms with Crippen molar-refractivity contribution in [2.24, 2.45) is 0 Å². The quantitative estimate of drug-likeness (QED) is 0.295. The van der Waals surface area contributed by atoms with Gasteiger partial charge in [-0.05, 0) is 56.7 Å². The first-order valence-electron chi connectivity index (χ1n) is 13.3. The lowest BCUT2D eigenvalue weighted by atomic mass is 10.1. The summed E-state index contributed by atoms with van der Waals surface area (Å²) >= 11 is 6.27. The highest BCUT2D eigenvalue weighted by Crippen LogP contribution is 2.37. The number of amides is 1. The highest BCUT2D eigenvalue weighted by Gasteiger charge is 2.35. The molecular formula is C30H28ClF2N5O4S. The lowest BCUT2D eigenvalue weighted by molar-refractivity contribution is -0.127. The summed E-state index contributed by atoms with van der Waals surface area (Å²) in [6.45, 7) is 9.38. The molecule has 0 spiro atoms. The number of sulfone groups is 1. The van der Waals surface area contributed by atoms with Crippen LogP contribution in [0.25, 0.3) is 28.0 Å².